The second-order valence-corrected chi connectivity index (χ2v) is 6.50. The molecule has 0 aliphatic heterocycles. The standard InChI is InChI=1S/C17H19BrClNO/c1-12(2)20-10-13-6-7-14(17(18)8-13)11-21-16-5-3-4-15(19)9-16/h3-9,12,20H,10-11H2,1-2H3. The fourth-order valence-electron chi connectivity index (χ4n) is 1.86. The molecule has 4 heteroatoms. The maximum Gasteiger partial charge on any atom is 0.121 e. The molecule has 0 radical (unpaired) electrons. The summed E-state index contributed by atoms with van der Waals surface area (Å²) in [4.78, 5) is 0. The molecule has 112 valence electrons. The Hall–Kier alpha value is -1.03. The van der Waals surface area contributed by atoms with Crippen molar-refractivity contribution in [2.45, 2.75) is 33.0 Å². The molecule has 0 amide bonds. The fourth-order valence-corrected chi connectivity index (χ4v) is 2.58. The third kappa shape index (κ3) is 5.34. The van der Waals surface area contributed by atoms with Gasteiger partial charge in [0.1, 0.15) is 12.4 Å². The molecule has 0 aliphatic rings. The maximum atomic E-state index is 5.94. The van der Waals surface area contributed by atoms with Crippen LogP contribution in [0.2, 0.25) is 5.02 Å². The predicted octanol–water partition coefficient (Wildman–Crippen LogP) is 5.18. The number of ether oxygens (including phenoxy) is 1. The second kappa shape index (κ2) is 7.83. The van der Waals surface area contributed by atoms with Crippen molar-refractivity contribution in [3.8, 4) is 5.75 Å². The first-order chi connectivity index (χ1) is 10.0. The van der Waals surface area contributed by atoms with Crippen LogP contribution in [0.25, 0.3) is 0 Å². The molecule has 0 spiro atoms. The first-order valence-corrected chi connectivity index (χ1v) is 8.11. The summed E-state index contributed by atoms with van der Waals surface area (Å²) >= 11 is 9.55. The summed E-state index contributed by atoms with van der Waals surface area (Å²) in [5, 5.41) is 4.09. The molecule has 0 bridgehead atoms. The van der Waals surface area contributed by atoms with Crippen molar-refractivity contribution in [2.75, 3.05) is 0 Å². The van der Waals surface area contributed by atoms with Gasteiger partial charge in [0, 0.05) is 27.6 Å². The quantitative estimate of drug-likeness (QED) is 0.758. The summed E-state index contributed by atoms with van der Waals surface area (Å²) in [5.74, 6) is 0.778. The number of rotatable bonds is 6. The first kappa shape index (κ1) is 16.3. The third-order valence-corrected chi connectivity index (χ3v) is 4.00. The Kier molecular flexibility index (Phi) is 6.09. The van der Waals surface area contributed by atoms with Gasteiger partial charge in [0.15, 0.2) is 0 Å². The number of hydrogen-bond donors (Lipinski definition) is 1. The van der Waals surface area contributed by atoms with Crippen LogP contribution in [0.1, 0.15) is 25.0 Å². The highest BCUT2D eigenvalue weighted by molar-refractivity contribution is 9.10. The van der Waals surface area contributed by atoms with Gasteiger partial charge in [-0.15, -0.1) is 0 Å². The molecule has 2 aromatic carbocycles. The van der Waals surface area contributed by atoms with Crippen LogP contribution >= 0.6 is 27.5 Å². The third-order valence-electron chi connectivity index (χ3n) is 3.02. The topological polar surface area (TPSA) is 21.3 Å². The molecule has 0 aliphatic carbocycles. The predicted molar refractivity (Wildman–Crippen MR) is 91.9 cm³/mol. The molecule has 2 aromatic rings. The van der Waals surface area contributed by atoms with E-state index in [4.69, 9.17) is 16.3 Å². The van der Waals surface area contributed by atoms with Crippen molar-refractivity contribution < 1.29 is 4.74 Å². The van der Waals surface area contributed by atoms with Gasteiger partial charge >= 0.3 is 0 Å². The molecule has 0 fully saturated rings. The number of benzene rings is 2. The SMILES string of the molecule is CC(C)NCc1ccc(COc2cccc(Cl)c2)c(Br)c1. The van der Waals surface area contributed by atoms with Crippen molar-refractivity contribution in [2.24, 2.45) is 0 Å². The van der Waals surface area contributed by atoms with Crippen LogP contribution in [0.4, 0.5) is 0 Å². The summed E-state index contributed by atoms with van der Waals surface area (Å²) in [5.41, 5.74) is 2.37. The zero-order valence-electron chi connectivity index (χ0n) is 12.2. The van der Waals surface area contributed by atoms with Gasteiger partial charge in [0.25, 0.3) is 0 Å². The van der Waals surface area contributed by atoms with E-state index < -0.39 is 0 Å². The molecule has 0 saturated carbocycles. The van der Waals surface area contributed by atoms with Crippen LogP contribution in [0.5, 0.6) is 5.75 Å². The van der Waals surface area contributed by atoms with Gasteiger partial charge in [-0.1, -0.05) is 59.6 Å². The molecule has 1 N–H and O–H groups in total. The molecule has 0 heterocycles. The highest BCUT2D eigenvalue weighted by atomic mass is 79.9. The average Bonchev–Trinajstić information content (AvgIpc) is 2.44. The minimum atomic E-state index is 0.481. The highest BCUT2D eigenvalue weighted by Gasteiger charge is 2.04. The van der Waals surface area contributed by atoms with E-state index in [-0.39, 0.29) is 0 Å². The van der Waals surface area contributed by atoms with Gasteiger partial charge < -0.3 is 10.1 Å². The average molecular weight is 369 g/mol. The molecule has 0 aromatic heterocycles. The zero-order valence-corrected chi connectivity index (χ0v) is 14.5. The smallest absolute Gasteiger partial charge is 0.121 e. The van der Waals surface area contributed by atoms with Gasteiger partial charge in [0.05, 0.1) is 0 Å². The molecule has 21 heavy (non-hydrogen) atoms. The van der Waals surface area contributed by atoms with Crippen molar-refractivity contribution in [1.82, 2.24) is 5.32 Å². The molecular formula is C17H19BrClNO. The van der Waals surface area contributed by atoms with E-state index in [1.165, 1.54) is 5.56 Å². The lowest BCUT2D eigenvalue weighted by molar-refractivity contribution is 0.305. The van der Waals surface area contributed by atoms with Gasteiger partial charge in [0.2, 0.25) is 0 Å². The highest BCUT2D eigenvalue weighted by Crippen LogP contribution is 2.22. The molecule has 2 nitrogen and oxygen atoms in total. The van der Waals surface area contributed by atoms with Crippen LogP contribution in [0, 0.1) is 0 Å². The Morgan fingerprint density at radius 2 is 2.00 bits per heavy atom. The Balaban J connectivity index is 1.97. The Morgan fingerprint density at radius 1 is 1.19 bits per heavy atom. The van der Waals surface area contributed by atoms with Gasteiger partial charge in [-0.25, -0.2) is 0 Å². The molecular weight excluding hydrogens is 350 g/mol. The summed E-state index contributed by atoms with van der Waals surface area (Å²) in [7, 11) is 0. The van der Waals surface area contributed by atoms with Crippen molar-refractivity contribution >= 4 is 27.5 Å². The van der Waals surface area contributed by atoms with E-state index in [0.29, 0.717) is 17.7 Å². The minimum Gasteiger partial charge on any atom is -0.489 e. The van der Waals surface area contributed by atoms with Crippen LogP contribution in [0.15, 0.2) is 46.9 Å². The number of nitrogens with one attached hydrogen (secondary N) is 1. The summed E-state index contributed by atoms with van der Waals surface area (Å²) in [6.45, 7) is 5.66. The largest absolute Gasteiger partial charge is 0.489 e. The summed E-state index contributed by atoms with van der Waals surface area (Å²) < 4.78 is 6.82. The van der Waals surface area contributed by atoms with Crippen LogP contribution in [-0.4, -0.2) is 6.04 Å². The monoisotopic (exact) mass is 367 g/mol. The van der Waals surface area contributed by atoms with Crippen LogP contribution in [-0.2, 0) is 13.2 Å². The lowest BCUT2D eigenvalue weighted by Gasteiger charge is -2.11. The van der Waals surface area contributed by atoms with E-state index >= 15 is 0 Å². The fraction of sp³-hybridized carbons (Fsp3) is 0.294. The minimum absolute atomic E-state index is 0.481. The Bertz CT molecular complexity index is 601. The normalized spacial score (nSPS) is 10.9. The first-order valence-electron chi connectivity index (χ1n) is 6.93. The van der Waals surface area contributed by atoms with E-state index in [9.17, 15) is 0 Å². The van der Waals surface area contributed by atoms with E-state index in [0.717, 1.165) is 22.3 Å². The van der Waals surface area contributed by atoms with Crippen LogP contribution < -0.4 is 10.1 Å². The number of halogens is 2. The molecule has 0 saturated heterocycles. The van der Waals surface area contributed by atoms with Crippen LogP contribution in [0.3, 0.4) is 0 Å². The summed E-state index contributed by atoms with van der Waals surface area (Å²) in [6.07, 6.45) is 0. The van der Waals surface area contributed by atoms with Crippen molar-refractivity contribution in [1.29, 1.82) is 0 Å². The lowest BCUT2D eigenvalue weighted by atomic mass is 10.1. The van der Waals surface area contributed by atoms with Gasteiger partial charge in [-0.05, 0) is 29.8 Å². The van der Waals surface area contributed by atoms with Gasteiger partial charge in [-0.3, -0.25) is 0 Å². The molecule has 2 rings (SSSR count). The Labute approximate surface area is 139 Å². The lowest BCUT2D eigenvalue weighted by Crippen LogP contribution is -2.21. The van der Waals surface area contributed by atoms with E-state index in [1.54, 1.807) is 0 Å². The van der Waals surface area contributed by atoms with E-state index in [2.05, 4.69) is 53.3 Å². The molecule has 0 unspecified atom stereocenters. The summed E-state index contributed by atoms with van der Waals surface area (Å²) in [6, 6.07) is 14.3. The Morgan fingerprint density at radius 3 is 2.67 bits per heavy atom. The zero-order chi connectivity index (χ0) is 15.2. The maximum absolute atomic E-state index is 5.94. The molecule has 0 atom stereocenters. The van der Waals surface area contributed by atoms with Crippen molar-refractivity contribution in [3.05, 3.63) is 63.1 Å². The number of hydrogen-bond acceptors (Lipinski definition) is 2. The van der Waals surface area contributed by atoms with E-state index in [1.807, 2.05) is 24.3 Å². The van der Waals surface area contributed by atoms with Gasteiger partial charge in [-0.2, -0.15) is 0 Å². The van der Waals surface area contributed by atoms with Crippen molar-refractivity contribution in [3.63, 3.8) is 0 Å². The second-order valence-electron chi connectivity index (χ2n) is 5.21.